The van der Waals surface area contributed by atoms with Gasteiger partial charge in [-0.15, -0.1) is 0 Å². The van der Waals surface area contributed by atoms with Crippen molar-refractivity contribution in [1.29, 1.82) is 0 Å². The first-order chi connectivity index (χ1) is 11.9. The molecule has 134 valence electrons. The molecule has 0 unspecified atom stereocenters. The molecule has 2 rings (SSSR count). The van der Waals surface area contributed by atoms with Crippen LogP contribution >= 0.6 is 0 Å². The Labute approximate surface area is 148 Å². The molecule has 0 aliphatic carbocycles. The predicted octanol–water partition coefficient (Wildman–Crippen LogP) is 4.19. The average molecular weight is 342 g/mol. The molecule has 0 saturated heterocycles. The number of pyridine rings is 1. The molecule has 0 saturated carbocycles. The number of allylic oxidation sites excluding steroid dienone is 3. The second-order valence-electron chi connectivity index (χ2n) is 6.30. The van der Waals surface area contributed by atoms with Crippen molar-refractivity contribution in [2.24, 2.45) is 0 Å². The molecule has 1 aromatic carbocycles. The number of benzene rings is 1. The lowest BCUT2D eigenvalue weighted by Crippen LogP contribution is -2.13. The Hall–Kier alpha value is -2.69. The number of hydrogen-bond acceptors (Lipinski definition) is 4. The predicted molar refractivity (Wildman–Crippen MR) is 103 cm³/mol. The number of fused-ring (bicyclic) bond motifs is 1. The van der Waals surface area contributed by atoms with E-state index < -0.39 is 0 Å². The Morgan fingerprint density at radius 3 is 2.64 bits per heavy atom. The topological polar surface area (TPSA) is 77.3 Å². The number of H-pyrrole nitrogens is 1. The summed E-state index contributed by atoms with van der Waals surface area (Å²) in [7, 11) is 1.53. The molecule has 0 amide bonds. The van der Waals surface area contributed by atoms with Gasteiger partial charge in [-0.05, 0) is 57.9 Å². The van der Waals surface area contributed by atoms with Gasteiger partial charge in [-0.25, -0.2) is 0 Å². The van der Waals surface area contributed by atoms with Gasteiger partial charge in [-0.2, -0.15) is 0 Å². The van der Waals surface area contributed by atoms with Crippen LogP contribution in [0.5, 0.6) is 11.5 Å². The minimum Gasteiger partial charge on any atom is -0.492 e. The Morgan fingerprint density at radius 2 is 1.96 bits per heavy atom. The normalized spacial score (nSPS) is 11.4. The van der Waals surface area contributed by atoms with Crippen molar-refractivity contribution in [2.75, 3.05) is 19.5 Å². The van der Waals surface area contributed by atoms with Crippen molar-refractivity contribution < 1.29 is 9.47 Å². The number of ether oxygens (including phenoxy) is 2. The summed E-state index contributed by atoms with van der Waals surface area (Å²) in [6.45, 7) is 6.56. The number of anilines is 1. The van der Waals surface area contributed by atoms with Gasteiger partial charge in [0, 0.05) is 11.1 Å². The molecule has 1 heterocycles. The standard InChI is InChI=1S/C20H26N2O3/c1-13(2)6-5-7-14(3)10-11-25-19-18(24-4)16-9-8-15(21)12-17(16)22-20(19)23/h6,8-10,12H,5,7,11,21H2,1-4H3,(H,22,23)/b14-10+. The molecular formula is C20H26N2O3. The lowest BCUT2D eigenvalue weighted by atomic mass is 10.1. The van der Waals surface area contributed by atoms with Crippen molar-refractivity contribution in [3.8, 4) is 11.5 Å². The summed E-state index contributed by atoms with van der Waals surface area (Å²) in [4.78, 5) is 15.1. The third-order valence-corrected chi connectivity index (χ3v) is 3.90. The Kier molecular flexibility index (Phi) is 6.28. The first-order valence-electron chi connectivity index (χ1n) is 8.33. The van der Waals surface area contributed by atoms with Gasteiger partial charge < -0.3 is 20.2 Å². The number of hydrogen-bond donors (Lipinski definition) is 2. The Bertz CT molecular complexity index is 859. The second-order valence-corrected chi connectivity index (χ2v) is 6.30. The zero-order valence-electron chi connectivity index (χ0n) is 15.3. The van der Waals surface area contributed by atoms with Crippen LogP contribution in [0.15, 0.2) is 46.3 Å². The monoisotopic (exact) mass is 342 g/mol. The Balaban J connectivity index is 2.18. The van der Waals surface area contributed by atoms with Crippen LogP contribution in [0.1, 0.15) is 33.6 Å². The van der Waals surface area contributed by atoms with Crippen LogP contribution in [0.25, 0.3) is 10.9 Å². The maximum absolute atomic E-state index is 12.3. The molecular weight excluding hydrogens is 316 g/mol. The number of methoxy groups -OCH3 is 1. The van der Waals surface area contributed by atoms with E-state index in [9.17, 15) is 4.79 Å². The van der Waals surface area contributed by atoms with Crippen LogP contribution in [0.4, 0.5) is 5.69 Å². The van der Waals surface area contributed by atoms with Crippen molar-refractivity contribution in [3.63, 3.8) is 0 Å². The average Bonchev–Trinajstić information content (AvgIpc) is 2.54. The molecule has 0 spiro atoms. The lowest BCUT2D eigenvalue weighted by molar-refractivity contribution is 0.323. The maximum atomic E-state index is 12.3. The molecule has 0 aliphatic heterocycles. The minimum atomic E-state index is -0.328. The third kappa shape index (κ3) is 4.89. The summed E-state index contributed by atoms with van der Waals surface area (Å²) in [5.74, 6) is 0.613. The summed E-state index contributed by atoms with van der Waals surface area (Å²) in [5.41, 5.74) is 9.19. The van der Waals surface area contributed by atoms with E-state index in [4.69, 9.17) is 15.2 Å². The van der Waals surface area contributed by atoms with Crippen molar-refractivity contribution in [2.45, 2.75) is 33.6 Å². The zero-order valence-corrected chi connectivity index (χ0v) is 15.3. The van der Waals surface area contributed by atoms with E-state index in [1.807, 2.05) is 12.1 Å². The molecule has 1 aromatic heterocycles. The van der Waals surface area contributed by atoms with Crippen LogP contribution < -0.4 is 20.8 Å². The number of aromatic amines is 1. The number of rotatable bonds is 7. The third-order valence-electron chi connectivity index (χ3n) is 3.90. The highest BCUT2D eigenvalue weighted by molar-refractivity contribution is 5.89. The molecule has 0 bridgehead atoms. The first kappa shape index (κ1) is 18.6. The van der Waals surface area contributed by atoms with E-state index in [-0.39, 0.29) is 11.3 Å². The highest BCUT2D eigenvalue weighted by Crippen LogP contribution is 2.32. The van der Waals surface area contributed by atoms with Gasteiger partial charge in [0.1, 0.15) is 6.61 Å². The van der Waals surface area contributed by atoms with E-state index in [0.717, 1.165) is 18.2 Å². The van der Waals surface area contributed by atoms with Crippen LogP contribution in [0, 0.1) is 0 Å². The smallest absolute Gasteiger partial charge is 0.294 e. The van der Waals surface area contributed by atoms with Gasteiger partial charge in [0.15, 0.2) is 5.75 Å². The molecule has 3 N–H and O–H groups in total. The fraction of sp³-hybridized carbons (Fsp3) is 0.350. The van der Waals surface area contributed by atoms with E-state index in [1.165, 1.54) is 18.3 Å². The second kappa shape index (κ2) is 8.42. The molecule has 5 heteroatoms. The molecule has 0 aliphatic rings. The fourth-order valence-corrected chi connectivity index (χ4v) is 2.56. The summed E-state index contributed by atoms with van der Waals surface area (Å²) in [6, 6.07) is 5.28. The maximum Gasteiger partial charge on any atom is 0.294 e. The largest absolute Gasteiger partial charge is 0.492 e. The number of nitrogen functional groups attached to an aromatic ring is 1. The number of aromatic nitrogens is 1. The van der Waals surface area contributed by atoms with Crippen LogP contribution in [0.3, 0.4) is 0 Å². The van der Waals surface area contributed by atoms with Crippen molar-refractivity contribution in [3.05, 3.63) is 51.9 Å². The quantitative estimate of drug-likeness (QED) is 0.584. The van der Waals surface area contributed by atoms with Gasteiger partial charge in [0.25, 0.3) is 5.56 Å². The van der Waals surface area contributed by atoms with Gasteiger partial charge in [0.05, 0.1) is 12.6 Å². The minimum absolute atomic E-state index is 0.188. The van der Waals surface area contributed by atoms with E-state index in [0.29, 0.717) is 23.6 Å². The van der Waals surface area contributed by atoms with Gasteiger partial charge in [-0.1, -0.05) is 17.2 Å². The number of nitrogens with two attached hydrogens (primary N) is 1. The van der Waals surface area contributed by atoms with E-state index in [2.05, 4.69) is 31.8 Å². The SMILES string of the molecule is COc1c(OC/C=C(\C)CCC=C(C)C)c(=O)[nH]c2cc(N)ccc12. The van der Waals surface area contributed by atoms with Crippen LogP contribution in [0.2, 0.25) is 0 Å². The molecule has 0 atom stereocenters. The van der Waals surface area contributed by atoms with Gasteiger partial charge in [0.2, 0.25) is 5.75 Å². The number of nitrogens with one attached hydrogen (secondary N) is 1. The highest BCUT2D eigenvalue weighted by atomic mass is 16.5. The first-order valence-corrected chi connectivity index (χ1v) is 8.33. The zero-order chi connectivity index (χ0) is 18.4. The van der Waals surface area contributed by atoms with Crippen LogP contribution in [-0.2, 0) is 0 Å². The molecule has 0 radical (unpaired) electrons. The highest BCUT2D eigenvalue weighted by Gasteiger charge is 2.14. The van der Waals surface area contributed by atoms with Crippen LogP contribution in [-0.4, -0.2) is 18.7 Å². The summed E-state index contributed by atoms with van der Waals surface area (Å²) in [6.07, 6.45) is 6.18. The van der Waals surface area contributed by atoms with E-state index in [1.54, 1.807) is 12.1 Å². The Morgan fingerprint density at radius 1 is 1.20 bits per heavy atom. The fourth-order valence-electron chi connectivity index (χ4n) is 2.56. The van der Waals surface area contributed by atoms with E-state index >= 15 is 0 Å². The molecule has 0 fully saturated rings. The summed E-state index contributed by atoms with van der Waals surface area (Å²) < 4.78 is 11.1. The van der Waals surface area contributed by atoms with Gasteiger partial charge in [-0.3, -0.25) is 4.79 Å². The summed E-state index contributed by atoms with van der Waals surface area (Å²) >= 11 is 0. The van der Waals surface area contributed by atoms with Crippen molar-refractivity contribution >= 4 is 16.6 Å². The van der Waals surface area contributed by atoms with Crippen molar-refractivity contribution in [1.82, 2.24) is 4.98 Å². The lowest BCUT2D eigenvalue weighted by Gasteiger charge is -2.12. The van der Waals surface area contributed by atoms with Gasteiger partial charge >= 0.3 is 0 Å². The molecule has 2 aromatic rings. The molecule has 5 nitrogen and oxygen atoms in total. The summed E-state index contributed by atoms with van der Waals surface area (Å²) in [5, 5.41) is 0.760. The molecule has 25 heavy (non-hydrogen) atoms.